The largest absolute Gasteiger partial charge is 0.356 e. The monoisotopic (exact) mass is 197 g/mol. The number of hydrogen-bond donors (Lipinski definition) is 2. The van der Waals surface area contributed by atoms with Crippen LogP contribution in [-0.4, -0.2) is 50.1 Å². The molecule has 1 unspecified atom stereocenters. The Bertz CT molecular complexity index is 202. The van der Waals surface area contributed by atoms with Gasteiger partial charge in [-0.3, -0.25) is 4.79 Å². The van der Waals surface area contributed by atoms with Gasteiger partial charge in [-0.05, 0) is 12.8 Å². The Morgan fingerprint density at radius 1 is 1.29 bits per heavy atom. The van der Waals surface area contributed by atoms with Crippen molar-refractivity contribution in [1.82, 2.24) is 15.5 Å². The average Bonchev–Trinajstić information content (AvgIpc) is 2.23. The zero-order valence-corrected chi connectivity index (χ0v) is 8.59. The predicted molar refractivity (Wildman–Crippen MR) is 55.0 cm³/mol. The SMILES string of the molecule is O=C1NCCCC1CN1CCNCC1. The first-order valence-electron chi connectivity index (χ1n) is 5.57. The quantitative estimate of drug-likeness (QED) is 0.622. The molecule has 2 aliphatic heterocycles. The molecule has 1 amide bonds. The van der Waals surface area contributed by atoms with E-state index in [2.05, 4.69) is 15.5 Å². The van der Waals surface area contributed by atoms with Crippen LogP contribution in [0.5, 0.6) is 0 Å². The van der Waals surface area contributed by atoms with Crippen LogP contribution >= 0.6 is 0 Å². The highest BCUT2D eigenvalue weighted by Crippen LogP contribution is 2.13. The highest BCUT2D eigenvalue weighted by molar-refractivity contribution is 5.79. The number of rotatable bonds is 2. The van der Waals surface area contributed by atoms with Gasteiger partial charge in [0.2, 0.25) is 5.91 Å². The minimum Gasteiger partial charge on any atom is -0.356 e. The van der Waals surface area contributed by atoms with Crippen LogP contribution < -0.4 is 10.6 Å². The number of carbonyl (C=O) groups excluding carboxylic acids is 1. The van der Waals surface area contributed by atoms with Crippen molar-refractivity contribution < 1.29 is 4.79 Å². The van der Waals surface area contributed by atoms with Crippen LogP contribution in [0.15, 0.2) is 0 Å². The van der Waals surface area contributed by atoms with Crippen molar-refractivity contribution in [3.8, 4) is 0 Å². The molecule has 2 heterocycles. The van der Waals surface area contributed by atoms with Gasteiger partial charge >= 0.3 is 0 Å². The molecule has 2 rings (SSSR count). The molecule has 4 heteroatoms. The molecule has 0 aromatic heterocycles. The summed E-state index contributed by atoms with van der Waals surface area (Å²) in [7, 11) is 0. The highest BCUT2D eigenvalue weighted by atomic mass is 16.1. The molecule has 0 saturated carbocycles. The fraction of sp³-hybridized carbons (Fsp3) is 0.900. The lowest BCUT2D eigenvalue weighted by molar-refractivity contribution is -0.127. The van der Waals surface area contributed by atoms with E-state index in [0.29, 0.717) is 0 Å². The molecule has 14 heavy (non-hydrogen) atoms. The summed E-state index contributed by atoms with van der Waals surface area (Å²) < 4.78 is 0. The number of nitrogens with one attached hydrogen (secondary N) is 2. The van der Waals surface area contributed by atoms with E-state index in [9.17, 15) is 4.79 Å². The maximum absolute atomic E-state index is 11.5. The van der Waals surface area contributed by atoms with Gasteiger partial charge in [0.05, 0.1) is 5.92 Å². The lowest BCUT2D eigenvalue weighted by Crippen LogP contribution is -2.48. The Morgan fingerprint density at radius 2 is 2.07 bits per heavy atom. The van der Waals surface area contributed by atoms with E-state index < -0.39 is 0 Å². The third kappa shape index (κ3) is 2.45. The summed E-state index contributed by atoms with van der Waals surface area (Å²) in [6, 6.07) is 0. The lowest BCUT2D eigenvalue weighted by atomic mass is 9.98. The molecule has 0 aromatic rings. The third-order valence-corrected chi connectivity index (χ3v) is 3.09. The standard InChI is InChI=1S/C10H19N3O/c14-10-9(2-1-3-12-10)8-13-6-4-11-5-7-13/h9,11H,1-8H2,(H,12,14). The third-order valence-electron chi connectivity index (χ3n) is 3.09. The smallest absolute Gasteiger partial charge is 0.224 e. The second kappa shape index (κ2) is 4.75. The number of hydrogen-bond acceptors (Lipinski definition) is 3. The Hall–Kier alpha value is -0.610. The van der Waals surface area contributed by atoms with Crippen molar-refractivity contribution in [2.75, 3.05) is 39.3 Å². The molecule has 0 radical (unpaired) electrons. The van der Waals surface area contributed by atoms with Crippen molar-refractivity contribution in [3.05, 3.63) is 0 Å². The Kier molecular flexibility index (Phi) is 3.37. The Morgan fingerprint density at radius 3 is 2.79 bits per heavy atom. The number of piperazine rings is 1. The summed E-state index contributed by atoms with van der Waals surface area (Å²) in [6.07, 6.45) is 2.21. The summed E-state index contributed by atoms with van der Waals surface area (Å²) in [6.45, 7) is 6.13. The fourth-order valence-corrected chi connectivity index (χ4v) is 2.22. The topological polar surface area (TPSA) is 44.4 Å². The molecular weight excluding hydrogens is 178 g/mol. The van der Waals surface area contributed by atoms with Crippen molar-refractivity contribution in [3.63, 3.8) is 0 Å². The Labute approximate surface area is 85.0 Å². The normalized spacial score (nSPS) is 30.0. The van der Waals surface area contributed by atoms with E-state index >= 15 is 0 Å². The van der Waals surface area contributed by atoms with Gasteiger partial charge in [-0.15, -0.1) is 0 Å². The van der Waals surface area contributed by atoms with Crippen LogP contribution in [0.4, 0.5) is 0 Å². The minimum atomic E-state index is 0.238. The Balaban J connectivity index is 1.79. The first-order valence-corrected chi connectivity index (χ1v) is 5.57. The van der Waals surface area contributed by atoms with Crippen molar-refractivity contribution in [2.45, 2.75) is 12.8 Å². The van der Waals surface area contributed by atoms with Crippen LogP contribution in [0, 0.1) is 5.92 Å². The molecule has 80 valence electrons. The number of amides is 1. The molecule has 2 saturated heterocycles. The first kappa shape index (κ1) is 9.93. The molecule has 0 spiro atoms. The van der Waals surface area contributed by atoms with Gasteiger partial charge in [0.25, 0.3) is 0 Å². The van der Waals surface area contributed by atoms with Gasteiger partial charge in [0.15, 0.2) is 0 Å². The van der Waals surface area contributed by atoms with Crippen LogP contribution in [0.3, 0.4) is 0 Å². The van der Waals surface area contributed by atoms with Crippen LogP contribution in [0.1, 0.15) is 12.8 Å². The number of nitrogens with zero attached hydrogens (tertiary/aromatic N) is 1. The summed E-state index contributed by atoms with van der Waals surface area (Å²) in [5, 5.41) is 6.26. The maximum atomic E-state index is 11.5. The van der Waals surface area contributed by atoms with Crippen LogP contribution in [0.2, 0.25) is 0 Å². The lowest BCUT2D eigenvalue weighted by Gasteiger charge is -2.31. The average molecular weight is 197 g/mol. The highest BCUT2D eigenvalue weighted by Gasteiger charge is 2.24. The molecule has 2 aliphatic rings. The molecular formula is C10H19N3O. The van der Waals surface area contributed by atoms with Crippen molar-refractivity contribution in [1.29, 1.82) is 0 Å². The van der Waals surface area contributed by atoms with Crippen molar-refractivity contribution >= 4 is 5.91 Å². The fourth-order valence-electron chi connectivity index (χ4n) is 2.22. The second-order valence-electron chi connectivity index (χ2n) is 4.18. The summed E-state index contributed by atoms with van der Waals surface area (Å²) in [5.74, 6) is 0.497. The van der Waals surface area contributed by atoms with Crippen LogP contribution in [0.25, 0.3) is 0 Å². The molecule has 1 atom stereocenters. The van der Waals surface area contributed by atoms with Gasteiger partial charge in [0.1, 0.15) is 0 Å². The molecule has 0 aliphatic carbocycles. The zero-order valence-electron chi connectivity index (χ0n) is 8.59. The van der Waals surface area contributed by atoms with Crippen LogP contribution in [-0.2, 0) is 4.79 Å². The zero-order chi connectivity index (χ0) is 9.80. The van der Waals surface area contributed by atoms with E-state index in [4.69, 9.17) is 0 Å². The number of carbonyl (C=O) groups is 1. The number of piperidine rings is 1. The molecule has 4 nitrogen and oxygen atoms in total. The predicted octanol–water partition coefficient (Wildman–Crippen LogP) is -0.582. The van der Waals surface area contributed by atoms with Gasteiger partial charge in [-0.2, -0.15) is 0 Å². The van der Waals surface area contributed by atoms with Gasteiger partial charge in [-0.25, -0.2) is 0 Å². The second-order valence-corrected chi connectivity index (χ2v) is 4.18. The van der Waals surface area contributed by atoms with Gasteiger partial charge in [0, 0.05) is 39.3 Å². The summed E-state index contributed by atoms with van der Waals surface area (Å²) >= 11 is 0. The molecule has 0 aromatic carbocycles. The van der Waals surface area contributed by atoms with E-state index in [-0.39, 0.29) is 11.8 Å². The summed E-state index contributed by atoms with van der Waals surface area (Å²) in [4.78, 5) is 13.9. The van der Waals surface area contributed by atoms with E-state index in [1.54, 1.807) is 0 Å². The molecule has 2 N–H and O–H groups in total. The van der Waals surface area contributed by atoms with E-state index in [0.717, 1.165) is 52.1 Å². The molecule has 2 fully saturated rings. The minimum absolute atomic E-state index is 0.238. The maximum Gasteiger partial charge on any atom is 0.224 e. The van der Waals surface area contributed by atoms with Gasteiger partial charge < -0.3 is 15.5 Å². The summed E-state index contributed by atoms with van der Waals surface area (Å²) in [5.41, 5.74) is 0. The molecule has 0 bridgehead atoms. The van der Waals surface area contributed by atoms with E-state index in [1.807, 2.05) is 0 Å². The first-order chi connectivity index (χ1) is 6.86. The van der Waals surface area contributed by atoms with Gasteiger partial charge in [-0.1, -0.05) is 0 Å². The van der Waals surface area contributed by atoms with Crippen molar-refractivity contribution in [2.24, 2.45) is 5.92 Å². The van der Waals surface area contributed by atoms with E-state index in [1.165, 1.54) is 0 Å².